The van der Waals surface area contributed by atoms with Crippen LogP contribution < -0.4 is 10.1 Å². The van der Waals surface area contributed by atoms with Crippen LogP contribution in [0, 0.1) is 5.41 Å². The molecule has 1 N–H and O–H groups in total. The zero-order valence-corrected chi connectivity index (χ0v) is 16.8. The van der Waals surface area contributed by atoms with Gasteiger partial charge in [-0.25, -0.2) is 0 Å². The molecule has 3 rings (SSSR count). The number of nitrogens with one attached hydrogen (secondary N) is 1. The lowest BCUT2D eigenvalue weighted by molar-refractivity contribution is -0.274. The second-order valence-electron chi connectivity index (χ2n) is 6.57. The van der Waals surface area contributed by atoms with Gasteiger partial charge in [0.15, 0.2) is 5.96 Å². The molecule has 1 spiro atoms. The lowest BCUT2D eigenvalue weighted by Crippen LogP contribution is -2.41. The summed E-state index contributed by atoms with van der Waals surface area (Å²) < 4.78 is 45.9. The van der Waals surface area contributed by atoms with E-state index in [4.69, 9.17) is 4.74 Å². The third kappa shape index (κ3) is 5.38. The summed E-state index contributed by atoms with van der Waals surface area (Å²) in [6, 6.07) is 5.84. The zero-order valence-electron chi connectivity index (χ0n) is 14.5. The summed E-state index contributed by atoms with van der Waals surface area (Å²) in [4.78, 5) is 6.54. The van der Waals surface area contributed by atoms with Gasteiger partial charge in [-0.1, -0.05) is 12.1 Å². The van der Waals surface area contributed by atoms with Crippen molar-refractivity contribution in [3.05, 3.63) is 29.8 Å². The van der Waals surface area contributed by atoms with Gasteiger partial charge in [0.1, 0.15) is 5.75 Å². The fourth-order valence-electron chi connectivity index (χ4n) is 3.41. The minimum atomic E-state index is -4.67. The van der Waals surface area contributed by atoms with E-state index in [2.05, 4.69) is 19.9 Å². The number of benzene rings is 1. The van der Waals surface area contributed by atoms with Crippen molar-refractivity contribution >= 4 is 29.9 Å². The largest absolute Gasteiger partial charge is 0.573 e. The summed E-state index contributed by atoms with van der Waals surface area (Å²) >= 11 is 0. The SMILES string of the molecule is CN=C(NCc1ccc(OC(F)(F)F)cc1)N1CCC2(CCOC2)C1.I. The first-order valence-electron chi connectivity index (χ1n) is 8.27. The quantitative estimate of drug-likeness (QED) is 0.405. The molecule has 2 fully saturated rings. The van der Waals surface area contributed by atoms with Gasteiger partial charge in [-0.05, 0) is 30.5 Å². The van der Waals surface area contributed by atoms with Gasteiger partial charge in [0.05, 0.1) is 6.61 Å². The third-order valence-electron chi connectivity index (χ3n) is 4.74. The molecule has 9 heteroatoms. The average Bonchev–Trinajstić information content (AvgIpc) is 3.19. The number of guanidine groups is 1. The number of hydrogen-bond acceptors (Lipinski definition) is 3. The first-order valence-corrected chi connectivity index (χ1v) is 8.27. The molecule has 0 saturated carbocycles. The molecule has 2 saturated heterocycles. The van der Waals surface area contributed by atoms with Gasteiger partial charge in [0, 0.05) is 38.7 Å². The predicted octanol–water partition coefficient (Wildman–Crippen LogP) is 3.39. The van der Waals surface area contributed by atoms with Crippen molar-refractivity contribution in [2.45, 2.75) is 25.7 Å². The lowest BCUT2D eigenvalue weighted by atomic mass is 9.87. The number of alkyl halides is 3. The minimum absolute atomic E-state index is 0. The van der Waals surface area contributed by atoms with E-state index >= 15 is 0 Å². The fraction of sp³-hybridized carbons (Fsp3) is 0.588. The maximum Gasteiger partial charge on any atom is 0.573 e. The Morgan fingerprint density at radius 3 is 2.62 bits per heavy atom. The second-order valence-corrected chi connectivity index (χ2v) is 6.57. The molecule has 26 heavy (non-hydrogen) atoms. The zero-order chi connectivity index (χ0) is 17.9. The average molecular weight is 485 g/mol. The summed E-state index contributed by atoms with van der Waals surface area (Å²) in [5.74, 6) is 0.586. The molecule has 0 radical (unpaired) electrons. The molecule has 1 aromatic carbocycles. The van der Waals surface area contributed by atoms with Crippen LogP contribution in [0.1, 0.15) is 18.4 Å². The van der Waals surface area contributed by atoms with Gasteiger partial charge in [-0.3, -0.25) is 4.99 Å². The Hall–Kier alpha value is -1.23. The highest BCUT2D eigenvalue weighted by molar-refractivity contribution is 14.0. The van der Waals surface area contributed by atoms with Gasteiger partial charge in [0.25, 0.3) is 0 Å². The Balaban J connectivity index is 0.00000243. The van der Waals surface area contributed by atoms with E-state index in [1.165, 1.54) is 12.1 Å². The van der Waals surface area contributed by atoms with E-state index in [-0.39, 0.29) is 35.1 Å². The molecule has 1 atom stereocenters. The smallest absolute Gasteiger partial charge is 0.406 e. The minimum Gasteiger partial charge on any atom is -0.406 e. The predicted molar refractivity (Wildman–Crippen MR) is 103 cm³/mol. The van der Waals surface area contributed by atoms with Gasteiger partial charge < -0.3 is 19.7 Å². The molecule has 0 bridgehead atoms. The highest BCUT2D eigenvalue weighted by atomic mass is 127. The molecule has 146 valence electrons. The first-order chi connectivity index (χ1) is 11.9. The van der Waals surface area contributed by atoms with Crippen LogP contribution in [0.3, 0.4) is 0 Å². The molecule has 0 aromatic heterocycles. The molecule has 1 aromatic rings. The molecule has 2 aliphatic rings. The number of hydrogen-bond donors (Lipinski definition) is 1. The molecule has 2 heterocycles. The number of rotatable bonds is 3. The summed E-state index contributed by atoms with van der Waals surface area (Å²) in [5.41, 5.74) is 1.10. The maximum absolute atomic E-state index is 12.2. The molecule has 1 unspecified atom stereocenters. The van der Waals surface area contributed by atoms with Crippen LogP contribution >= 0.6 is 24.0 Å². The van der Waals surface area contributed by atoms with E-state index in [1.54, 1.807) is 19.2 Å². The van der Waals surface area contributed by atoms with Crippen molar-refractivity contribution in [2.24, 2.45) is 10.4 Å². The topological polar surface area (TPSA) is 46.1 Å². The van der Waals surface area contributed by atoms with Gasteiger partial charge in [0.2, 0.25) is 0 Å². The van der Waals surface area contributed by atoms with Crippen LogP contribution in [0.15, 0.2) is 29.3 Å². The highest BCUT2D eigenvalue weighted by Gasteiger charge is 2.42. The number of halogens is 4. The molecule has 5 nitrogen and oxygen atoms in total. The maximum atomic E-state index is 12.2. The summed E-state index contributed by atoms with van der Waals surface area (Å²) in [6.07, 6.45) is -2.49. The standard InChI is InChI=1S/C17H22F3N3O2.HI/c1-21-15(23-8-6-16(11-23)7-9-24-12-16)22-10-13-2-4-14(5-3-13)25-17(18,19)20;/h2-5H,6-12H2,1H3,(H,21,22);1H. The van der Waals surface area contributed by atoms with Crippen LogP contribution in [-0.2, 0) is 11.3 Å². The molecular formula is C17H23F3IN3O2. The first kappa shape index (κ1) is 21.1. The molecule has 0 amide bonds. The Bertz CT molecular complexity index is 617. The normalized spacial score (nSPS) is 23.2. The van der Waals surface area contributed by atoms with Gasteiger partial charge in [-0.2, -0.15) is 0 Å². The van der Waals surface area contributed by atoms with E-state index in [1.807, 2.05) is 0 Å². The van der Waals surface area contributed by atoms with Crippen molar-refractivity contribution < 1.29 is 22.6 Å². The van der Waals surface area contributed by atoms with Crippen molar-refractivity contribution in [2.75, 3.05) is 33.4 Å². The summed E-state index contributed by atoms with van der Waals surface area (Å²) in [5, 5.41) is 3.27. The number of aliphatic imine (C=N–C) groups is 1. The van der Waals surface area contributed by atoms with E-state index in [9.17, 15) is 13.2 Å². The van der Waals surface area contributed by atoms with E-state index < -0.39 is 6.36 Å². The molecular weight excluding hydrogens is 462 g/mol. The van der Waals surface area contributed by atoms with Crippen molar-refractivity contribution in [1.82, 2.24) is 10.2 Å². The van der Waals surface area contributed by atoms with Crippen molar-refractivity contribution in [1.29, 1.82) is 0 Å². The Morgan fingerprint density at radius 1 is 1.31 bits per heavy atom. The molecule has 2 aliphatic heterocycles. The lowest BCUT2D eigenvalue weighted by Gasteiger charge is -2.25. The van der Waals surface area contributed by atoms with Crippen molar-refractivity contribution in [3.63, 3.8) is 0 Å². The van der Waals surface area contributed by atoms with Crippen molar-refractivity contribution in [3.8, 4) is 5.75 Å². The van der Waals surface area contributed by atoms with E-state index in [0.717, 1.165) is 50.7 Å². The third-order valence-corrected chi connectivity index (χ3v) is 4.74. The van der Waals surface area contributed by atoms with Crippen LogP contribution in [0.2, 0.25) is 0 Å². The number of likely N-dealkylation sites (tertiary alicyclic amines) is 1. The Morgan fingerprint density at radius 2 is 2.04 bits per heavy atom. The summed E-state index contributed by atoms with van der Waals surface area (Å²) in [6.45, 7) is 3.97. The Kier molecular flexibility index (Phi) is 7.00. The summed E-state index contributed by atoms with van der Waals surface area (Å²) in [7, 11) is 1.73. The number of ether oxygens (including phenoxy) is 2. The molecule has 0 aliphatic carbocycles. The van der Waals surface area contributed by atoms with Crippen LogP contribution in [-0.4, -0.2) is 50.6 Å². The second kappa shape index (κ2) is 8.64. The van der Waals surface area contributed by atoms with Gasteiger partial charge >= 0.3 is 6.36 Å². The van der Waals surface area contributed by atoms with Crippen LogP contribution in [0.5, 0.6) is 5.75 Å². The Labute approximate surface area is 168 Å². The highest BCUT2D eigenvalue weighted by Crippen LogP contribution is 2.38. The fourth-order valence-corrected chi connectivity index (χ4v) is 3.41. The number of nitrogens with zero attached hydrogens (tertiary/aromatic N) is 2. The van der Waals surface area contributed by atoms with Crippen LogP contribution in [0.4, 0.5) is 13.2 Å². The van der Waals surface area contributed by atoms with Crippen LogP contribution in [0.25, 0.3) is 0 Å². The van der Waals surface area contributed by atoms with E-state index in [0.29, 0.717) is 6.54 Å². The monoisotopic (exact) mass is 485 g/mol. The van der Waals surface area contributed by atoms with Gasteiger partial charge in [-0.15, -0.1) is 37.1 Å².